The normalized spacial score (nSPS) is 21.3. The highest BCUT2D eigenvalue weighted by molar-refractivity contribution is 9.10. The van der Waals surface area contributed by atoms with Gasteiger partial charge in [0.05, 0.1) is 17.1 Å². The van der Waals surface area contributed by atoms with Gasteiger partial charge in [0.1, 0.15) is 0 Å². The number of halogens is 2. The first-order valence-corrected chi connectivity index (χ1v) is 8.72. The fourth-order valence-corrected chi connectivity index (χ4v) is 4.73. The van der Waals surface area contributed by atoms with E-state index in [1.807, 2.05) is 0 Å². The number of hydrogen-bond donors (Lipinski definition) is 0. The Labute approximate surface area is 125 Å². The van der Waals surface area contributed by atoms with Crippen LogP contribution >= 0.6 is 27.5 Å². The molecule has 1 saturated heterocycles. The summed E-state index contributed by atoms with van der Waals surface area (Å²) in [4.78, 5) is 13.8. The van der Waals surface area contributed by atoms with Crippen molar-refractivity contribution >= 4 is 43.3 Å². The summed E-state index contributed by atoms with van der Waals surface area (Å²) in [7, 11) is -1.37. The first kappa shape index (κ1) is 14.8. The van der Waals surface area contributed by atoms with Crippen molar-refractivity contribution in [2.75, 3.05) is 18.6 Å². The minimum atomic E-state index is -3.00. The third-order valence-electron chi connectivity index (χ3n) is 3.24. The Morgan fingerprint density at radius 2 is 2.16 bits per heavy atom. The molecular formula is C12H13BrClNO3S. The van der Waals surface area contributed by atoms with Gasteiger partial charge >= 0.3 is 0 Å². The molecule has 1 fully saturated rings. The quantitative estimate of drug-likeness (QED) is 0.807. The van der Waals surface area contributed by atoms with Crippen LogP contribution in [0.5, 0.6) is 0 Å². The Kier molecular flexibility index (Phi) is 4.23. The molecule has 1 aromatic carbocycles. The lowest BCUT2D eigenvalue weighted by Gasteiger charge is -2.24. The van der Waals surface area contributed by atoms with E-state index < -0.39 is 9.84 Å². The second kappa shape index (κ2) is 5.42. The fraction of sp³-hybridized carbons (Fsp3) is 0.417. The monoisotopic (exact) mass is 365 g/mol. The van der Waals surface area contributed by atoms with Gasteiger partial charge in [-0.25, -0.2) is 8.42 Å². The molecule has 0 radical (unpaired) electrons. The van der Waals surface area contributed by atoms with E-state index in [0.717, 1.165) is 0 Å². The Bertz CT molecular complexity index is 617. The van der Waals surface area contributed by atoms with Gasteiger partial charge in [-0.05, 0) is 40.5 Å². The number of amides is 1. The summed E-state index contributed by atoms with van der Waals surface area (Å²) >= 11 is 9.13. The summed E-state index contributed by atoms with van der Waals surface area (Å²) in [6, 6.07) is 4.67. The smallest absolute Gasteiger partial charge is 0.255 e. The molecule has 1 amide bonds. The van der Waals surface area contributed by atoms with Gasteiger partial charge in [0, 0.05) is 22.6 Å². The first-order chi connectivity index (χ1) is 8.80. The van der Waals surface area contributed by atoms with Gasteiger partial charge in [-0.3, -0.25) is 4.79 Å². The maximum Gasteiger partial charge on any atom is 0.255 e. The maximum atomic E-state index is 12.3. The maximum absolute atomic E-state index is 12.3. The van der Waals surface area contributed by atoms with Crippen molar-refractivity contribution in [3.8, 4) is 0 Å². The largest absolute Gasteiger partial charge is 0.338 e. The zero-order valence-corrected chi connectivity index (χ0v) is 13.4. The summed E-state index contributed by atoms with van der Waals surface area (Å²) in [6.45, 7) is 0. The van der Waals surface area contributed by atoms with Gasteiger partial charge < -0.3 is 4.90 Å². The zero-order chi connectivity index (χ0) is 14.2. The third kappa shape index (κ3) is 3.30. The summed E-state index contributed by atoms with van der Waals surface area (Å²) in [5.74, 6) is -0.0111. The number of sulfone groups is 1. The van der Waals surface area contributed by atoms with Crippen molar-refractivity contribution < 1.29 is 13.2 Å². The van der Waals surface area contributed by atoms with Crippen molar-refractivity contribution in [3.63, 3.8) is 0 Å². The summed E-state index contributed by atoms with van der Waals surface area (Å²) in [5, 5.41) is 0.537. The highest BCUT2D eigenvalue weighted by atomic mass is 79.9. The summed E-state index contributed by atoms with van der Waals surface area (Å²) < 4.78 is 23.5. The predicted octanol–water partition coefficient (Wildman–Crippen LogP) is 2.36. The molecule has 2 rings (SSSR count). The van der Waals surface area contributed by atoms with Gasteiger partial charge in [-0.2, -0.15) is 0 Å². The SMILES string of the molecule is CN(C(=O)c1ccc(Cl)cc1Br)C1CCS(=O)(=O)C1. The Morgan fingerprint density at radius 1 is 1.47 bits per heavy atom. The molecule has 19 heavy (non-hydrogen) atoms. The van der Waals surface area contributed by atoms with E-state index in [1.54, 1.807) is 25.2 Å². The van der Waals surface area contributed by atoms with E-state index >= 15 is 0 Å². The van der Waals surface area contributed by atoms with Crippen LogP contribution < -0.4 is 0 Å². The summed E-state index contributed by atoms with van der Waals surface area (Å²) in [5.41, 5.74) is 0.483. The van der Waals surface area contributed by atoms with Crippen molar-refractivity contribution in [2.24, 2.45) is 0 Å². The molecule has 0 saturated carbocycles. The lowest BCUT2D eigenvalue weighted by atomic mass is 10.1. The number of nitrogens with zero attached hydrogens (tertiary/aromatic N) is 1. The van der Waals surface area contributed by atoms with Gasteiger partial charge in [-0.1, -0.05) is 11.6 Å². The molecule has 1 aliphatic rings. The lowest BCUT2D eigenvalue weighted by molar-refractivity contribution is 0.0747. The standard InChI is InChI=1S/C12H13BrClNO3S/c1-15(9-4-5-19(17,18)7-9)12(16)10-3-2-8(14)6-11(10)13/h2-3,6,9H,4-5,7H2,1H3. The molecule has 0 aliphatic carbocycles. The molecule has 104 valence electrons. The van der Waals surface area contributed by atoms with Crippen LogP contribution in [0, 0.1) is 0 Å². The number of hydrogen-bond acceptors (Lipinski definition) is 3. The van der Waals surface area contributed by atoms with Crippen LogP contribution in [0.15, 0.2) is 22.7 Å². The molecule has 0 N–H and O–H groups in total. The van der Waals surface area contributed by atoms with Crippen LogP contribution in [-0.4, -0.2) is 43.8 Å². The molecule has 7 heteroatoms. The number of carbonyl (C=O) groups excluding carboxylic acids is 1. The zero-order valence-electron chi connectivity index (χ0n) is 10.3. The van der Waals surface area contributed by atoms with Crippen LogP contribution in [0.3, 0.4) is 0 Å². The average molecular weight is 367 g/mol. The summed E-state index contributed by atoms with van der Waals surface area (Å²) in [6.07, 6.45) is 0.496. The second-order valence-corrected chi connectivity index (χ2v) is 8.12. The molecular weight excluding hydrogens is 354 g/mol. The molecule has 0 spiro atoms. The number of rotatable bonds is 2. The van der Waals surface area contributed by atoms with Crippen LogP contribution in [0.25, 0.3) is 0 Å². The molecule has 1 aromatic rings. The lowest BCUT2D eigenvalue weighted by Crippen LogP contribution is -2.37. The van der Waals surface area contributed by atoms with Gasteiger partial charge in [0.2, 0.25) is 0 Å². The molecule has 4 nitrogen and oxygen atoms in total. The van der Waals surface area contributed by atoms with E-state index in [9.17, 15) is 13.2 Å². The number of carbonyl (C=O) groups is 1. The van der Waals surface area contributed by atoms with Crippen LogP contribution in [-0.2, 0) is 9.84 Å². The molecule has 0 bridgehead atoms. The van der Waals surface area contributed by atoms with Gasteiger partial charge in [0.25, 0.3) is 5.91 Å². The average Bonchev–Trinajstić information content (AvgIpc) is 2.68. The van der Waals surface area contributed by atoms with E-state index in [-0.39, 0.29) is 23.5 Å². The van der Waals surface area contributed by atoms with Crippen molar-refractivity contribution in [1.82, 2.24) is 4.90 Å². The highest BCUT2D eigenvalue weighted by Gasteiger charge is 2.33. The molecule has 1 unspecified atom stereocenters. The Hall–Kier alpha value is -0.590. The van der Waals surface area contributed by atoms with Crippen molar-refractivity contribution in [2.45, 2.75) is 12.5 Å². The Balaban J connectivity index is 2.20. The van der Waals surface area contributed by atoms with Crippen molar-refractivity contribution in [1.29, 1.82) is 0 Å². The second-order valence-electron chi connectivity index (χ2n) is 4.60. The number of benzene rings is 1. The van der Waals surface area contributed by atoms with Gasteiger partial charge in [0.15, 0.2) is 9.84 Å². The first-order valence-electron chi connectivity index (χ1n) is 5.73. The Morgan fingerprint density at radius 3 is 2.68 bits per heavy atom. The van der Waals surface area contributed by atoms with Crippen LogP contribution in [0.1, 0.15) is 16.8 Å². The highest BCUT2D eigenvalue weighted by Crippen LogP contribution is 2.25. The minimum Gasteiger partial charge on any atom is -0.338 e. The third-order valence-corrected chi connectivity index (χ3v) is 5.88. The topological polar surface area (TPSA) is 54.5 Å². The van der Waals surface area contributed by atoms with Gasteiger partial charge in [-0.15, -0.1) is 0 Å². The van der Waals surface area contributed by atoms with E-state index in [0.29, 0.717) is 21.5 Å². The fourth-order valence-electron chi connectivity index (χ4n) is 2.10. The van der Waals surface area contributed by atoms with E-state index in [1.165, 1.54) is 4.90 Å². The van der Waals surface area contributed by atoms with Crippen molar-refractivity contribution in [3.05, 3.63) is 33.3 Å². The minimum absolute atomic E-state index is 0.0421. The van der Waals surface area contributed by atoms with E-state index in [4.69, 9.17) is 11.6 Å². The molecule has 0 aromatic heterocycles. The van der Waals surface area contributed by atoms with E-state index in [2.05, 4.69) is 15.9 Å². The molecule has 1 aliphatic heterocycles. The molecule has 1 atom stereocenters. The van der Waals surface area contributed by atoms with Crippen LogP contribution in [0.2, 0.25) is 5.02 Å². The predicted molar refractivity (Wildman–Crippen MR) is 78.3 cm³/mol. The molecule has 1 heterocycles. The van der Waals surface area contributed by atoms with Crippen LogP contribution in [0.4, 0.5) is 0 Å².